The van der Waals surface area contributed by atoms with Crippen LogP contribution in [0.25, 0.3) is 0 Å². The summed E-state index contributed by atoms with van der Waals surface area (Å²) in [4.78, 5) is 5.89. The van der Waals surface area contributed by atoms with Crippen LogP contribution in [0.3, 0.4) is 0 Å². The van der Waals surface area contributed by atoms with Gasteiger partial charge in [-0.1, -0.05) is 0 Å². The van der Waals surface area contributed by atoms with Crippen LogP contribution in [0, 0.1) is 25.2 Å². The van der Waals surface area contributed by atoms with Gasteiger partial charge in [0.1, 0.15) is 11.6 Å². The maximum absolute atomic E-state index is 9.24. The Bertz CT molecular complexity index is 662. The molecule has 0 saturated carbocycles. The fourth-order valence-corrected chi connectivity index (χ4v) is 3.23. The number of hydrogen-bond donors (Lipinski definition) is 1. The molecule has 0 amide bonds. The number of nitrogens with zero attached hydrogens (tertiary/aromatic N) is 4. The van der Waals surface area contributed by atoms with Gasteiger partial charge < -0.3 is 5.32 Å². The Balaban J connectivity index is 1.95. The van der Waals surface area contributed by atoms with Crippen molar-refractivity contribution in [1.29, 1.82) is 5.26 Å². The van der Waals surface area contributed by atoms with Crippen LogP contribution in [0.2, 0.25) is 0 Å². The van der Waals surface area contributed by atoms with Crippen LogP contribution in [-0.4, -0.2) is 15.2 Å². The van der Waals surface area contributed by atoms with E-state index < -0.39 is 0 Å². The topological polar surface area (TPSA) is 74.5 Å². The van der Waals surface area contributed by atoms with E-state index in [-0.39, 0.29) is 0 Å². The molecule has 1 aliphatic carbocycles. The molecule has 1 aliphatic rings. The standard InChI is InChI=1S/C13H13N5S/c1-7-8(2)17-18-12(9(7)6-14)16-13-15-10-4-3-5-11(10)19-13/h3-5H2,1-2H3,(H,15,16,18). The van der Waals surface area contributed by atoms with E-state index in [1.165, 1.54) is 17.0 Å². The van der Waals surface area contributed by atoms with Gasteiger partial charge in [0.2, 0.25) is 0 Å². The lowest BCUT2D eigenvalue weighted by atomic mass is 10.1. The zero-order chi connectivity index (χ0) is 13.4. The van der Waals surface area contributed by atoms with Crippen molar-refractivity contribution in [2.24, 2.45) is 0 Å². The van der Waals surface area contributed by atoms with E-state index in [1.807, 2.05) is 13.8 Å². The molecule has 5 nitrogen and oxygen atoms in total. The second kappa shape index (κ2) is 4.59. The summed E-state index contributed by atoms with van der Waals surface area (Å²) >= 11 is 1.65. The highest BCUT2D eigenvalue weighted by Gasteiger charge is 2.18. The third-order valence-electron chi connectivity index (χ3n) is 3.39. The van der Waals surface area contributed by atoms with Crippen LogP contribution < -0.4 is 5.32 Å². The third-order valence-corrected chi connectivity index (χ3v) is 4.46. The van der Waals surface area contributed by atoms with Crippen LogP contribution in [-0.2, 0) is 12.8 Å². The van der Waals surface area contributed by atoms with Crippen molar-refractivity contribution in [3.05, 3.63) is 27.4 Å². The summed E-state index contributed by atoms with van der Waals surface area (Å²) in [6.07, 6.45) is 3.36. The minimum atomic E-state index is 0.498. The monoisotopic (exact) mass is 271 g/mol. The summed E-state index contributed by atoms with van der Waals surface area (Å²) in [6.45, 7) is 3.74. The van der Waals surface area contributed by atoms with Gasteiger partial charge in [0.15, 0.2) is 10.9 Å². The molecular formula is C13H13N5S. The summed E-state index contributed by atoms with van der Waals surface area (Å²) < 4.78 is 0. The summed E-state index contributed by atoms with van der Waals surface area (Å²) in [5.41, 5.74) is 3.37. The molecule has 0 aliphatic heterocycles. The average Bonchev–Trinajstić information content (AvgIpc) is 2.95. The molecule has 0 saturated heterocycles. The highest BCUT2D eigenvalue weighted by molar-refractivity contribution is 7.15. The number of aromatic nitrogens is 3. The van der Waals surface area contributed by atoms with Crippen LogP contribution in [0.15, 0.2) is 0 Å². The zero-order valence-corrected chi connectivity index (χ0v) is 11.6. The highest BCUT2D eigenvalue weighted by Crippen LogP contribution is 2.32. The first-order valence-corrected chi connectivity index (χ1v) is 7.00. The van der Waals surface area contributed by atoms with Gasteiger partial charge >= 0.3 is 0 Å². The van der Waals surface area contributed by atoms with Crippen molar-refractivity contribution in [3.8, 4) is 6.07 Å². The predicted octanol–water partition coefficient (Wildman–Crippen LogP) is 2.65. The van der Waals surface area contributed by atoms with Gasteiger partial charge in [0, 0.05) is 4.88 Å². The minimum Gasteiger partial charge on any atom is -0.314 e. The van der Waals surface area contributed by atoms with Crippen molar-refractivity contribution in [3.63, 3.8) is 0 Å². The number of fused-ring (bicyclic) bond motifs is 1. The van der Waals surface area contributed by atoms with E-state index in [9.17, 15) is 5.26 Å². The lowest BCUT2D eigenvalue weighted by Gasteiger charge is -2.07. The van der Waals surface area contributed by atoms with Gasteiger partial charge in [-0.3, -0.25) is 0 Å². The first-order valence-electron chi connectivity index (χ1n) is 6.18. The Kier molecular flexibility index (Phi) is 2.91. The lowest BCUT2D eigenvalue weighted by Crippen LogP contribution is -2.03. The van der Waals surface area contributed by atoms with Gasteiger partial charge in [0.25, 0.3) is 0 Å². The average molecular weight is 271 g/mol. The second-order valence-corrected chi connectivity index (χ2v) is 5.70. The maximum Gasteiger partial charge on any atom is 0.188 e. The molecule has 0 bridgehead atoms. The van der Waals surface area contributed by atoms with E-state index in [0.717, 1.165) is 29.2 Å². The van der Waals surface area contributed by atoms with Gasteiger partial charge in [-0.25, -0.2) is 4.98 Å². The maximum atomic E-state index is 9.24. The fourth-order valence-electron chi connectivity index (χ4n) is 2.18. The van der Waals surface area contributed by atoms with Gasteiger partial charge in [-0.2, -0.15) is 10.4 Å². The molecule has 3 rings (SSSR count). The minimum absolute atomic E-state index is 0.498. The molecule has 0 unspecified atom stereocenters. The van der Waals surface area contributed by atoms with Gasteiger partial charge in [0.05, 0.1) is 11.4 Å². The number of aryl methyl sites for hydroxylation is 3. The zero-order valence-electron chi connectivity index (χ0n) is 10.8. The number of rotatable bonds is 2. The van der Waals surface area contributed by atoms with Crippen molar-refractivity contribution in [2.45, 2.75) is 33.1 Å². The number of anilines is 2. The van der Waals surface area contributed by atoms with E-state index in [1.54, 1.807) is 11.3 Å². The molecule has 2 aromatic rings. The molecule has 0 atom stereocenters. The molecule has 0 aromatic carbocycles. The van der Waals surface area contributed by atoms with Crippen LogP contribution in [0.4, 0.5) is 10.9 Å². The number of nitrogens with one attached hydrogen (secondary N) is 1. The number of nitriles is 1. The highest BCUT2D eigenvalue weighted by atomic mass is 32.1. The van der Waals surface area contributed by atoms with Crippen molar-refractivity contribution < 1.29 is 0 Å². The Morgan fingerprint density at radius 3 is 2.84 bits per heavy atom. The molecular weight excluding hydrogens is 258 g/mol. The van der Waals surface area contributed by atoms with Gasteiger partial charge in [-0.15, -0.1) is 16.4 Å². The van der Waals surface area contributed by atoms with Gasteiger partial charge in [-0.05, 0) is 38.7 Å². The molecule has 19 heavy (non-hydrogen) atoms. The molecule has 0 radical (unpaired) electrons. The van der Waals surface area contributed by atoms with Crippen molar-refractivity contribution in [1.82, 2.24) is 15.2 Å². The number of hydrogen-bond acceptors (Lipinski definition) is 6. The molecule has 1 N–H and O–H groups in total. The SMILES string of the molecule is Cc1nnc(Nc2nc3c(s2)CCC3)c(C#N)c1C. The molecule has 2 aromatic heterocycles. The lowest BCUT2D eigenvalue weighted by molar-refractivity contribution is 0.899. The Morgan fingerprint density at radius 1 is 1.26 bits per heavy atom. The molecule has 6 heteroatoms. The van der Waals surface area contributed by atoms with Crippen molar-refractivity contribution in [2.75, 3.05) is 5.32 Å². The van der Waals surface area contributed by atoms with Crippen molar-refractivity contribution >= 4 is 22.3 Å². The summed E-state index contributed by atoms with van der Waals surface area (Å²) in [5, 5.41) is 21.3. The Hall–Kier alpha value is -2.00. The van der Waals surface area contributed by atoms with E-state index in [0.29, 0.717) is 11.4 Å². The van der Waals surface area contributed by atoms with Crippen LogP contribution in [0.1, 0.15) is 33.8 Å². The van der Waals surface area contributed by atoms with Crippen LogP contribution >= 0.6 is 11.3 Å². The second-order valence-electron chi connectivity index (χ2n) is 4.61. The van der Waals surface area contributed by atoms with Crippen LogP contribution in [0.5, 0.6) is 0 Å². The quantitative estimate of drug-likeness (QED) is 0.908. The van der Waals surface area contributed by atoms with E-state index in [4.69, 9.17) is 0 Å². The Morgan fingerprint density at radius 2 is 2.11 bits per heavy atom. The first kappa shape index (κ1) is 12.1. The Labute approximate surface area is 115 Å². The smallest absolute Gasteiger partial charge is 0.188 e. The third kappa shape index (κ3) is 2.06. The van der Waals surface area contributed by atoms with E-state index in [2.05, 4.69) is 26.6 Å². The molecule has 0 fully saturated rings. The summed E-state index contributed by atoms with van der Waals surface area (Å²) in [7, 11) is 0. The first-order chi connectivity index (χ1) is 9.19. The molecule has 2 heterocycles. The predicted molar refractivity (Wildman–Crippen MR) is 73.6 cm³/mol. The van der Waals surface area contributed by atoms with E-state index >= 15 is 0 Å². The largest absolute Gasteiger partial charge is 0.314 e. The number of thiazole rings is 1. The molecule has 0 spiro atoms. The summed E-state index contributed by atoms with van der Waals surface area (Å²) in [5.74, 6) is 0.498. The summed E-state index contributed by atoms with van der Waals surface area (Å²) in [6, 6.07) is 2.19. The molecule has 96 valence electrons. The fraction of sp³-hybridized carbons (Fsp3) is 0.385. The normalized spacial score (nSPS) is 13.1.